The first-order valence-electron chi connectivity index (χ1n) is 6.85. The lowest BCUT2D eigenvalue weighted by molar-refractivity contribution is -0.137. The van der Waals surface area contributed by atoms with Crippen molar-refractivity contribution in [2.24, 2.45) is 0 Å². The summed E-state index contributed by atoms with van der Waals surface area (Å²) in [5.74, 6) is 0. The van der Waals surface area contributed by atoms with Crippen LogP contribution in [0, 0.1) is 0 Å². The van der Waals surface area contributed by atoms with Crippen LogP contribution in [0.25, 0.3) is 11.1 Å². The minimum absolute atomic E-state index is 0.359. The fourth-order valence-corrected chi connectivity index (χ4v) is 2.10. The van der Waals surface area contributed by atoms with Crippen LogP contribution in [0.1, 0.15) is 24.5 Å². The molecule has 0 aliphatic carbocycles. The van der Waals surface area contributed by atoms with Crippen LogP contribution in [0.5, 0.6) is 0 Å². The molecule has 0 radical (unpaired) electrons. The molecular formula is C17H17F3O. The average molecular weight is 294 g/mol. The van der Waals surface area contributed by atoms with Crippen molar-refractivity contribution in [2.75, 3.05) is 0 Å². The third-order valence-electron chi connectivity index (χ3n) is 3.44. The second kappa shape index (κ2) is 6.31. The van der Waals surface area contributed by atoms with Crippen LogP contribution in [0.4, 0.5) is 13.2 Å². The predicted molar refractivity (Wildman–Crippen MR) is 76.9 cm³/mol. The van der Waals surface area contributed by atoms with Crippen molar-refractivity contribution in [3.05, 3.63) is 59.7 Å². The Morgan fingerprint density at radius 1 is 0.905 bits per heavy atom. The van der Waals surface area contributed by atoms with Gasteiger partial charge in [0.05, 0.1) is 11.7 Å². The Labute approximate surface area is 122 Å². The summed E-state index contributed by atoms with van der Waals surface area (Å²) in [5, 5.41) is 9.60. The van der Waals surface area contributed by atoms with Crippen LogP contribution in [0.3, 0.4) is 0 Å². The fraction of sp³-hybridized carbons (Fsp3) is 0.294. The zero-order valence-corrected chi connectivity index (χ0v) is 11.7. The molecule has 0 aromatic heterocycles. The summed E-state index contributed by atoms with van der Waals surface area (Å²) in [7, 11) is 0. The van der Waals surface area contributed by atoms with Gasteiger partial charge in [0, 0.05) is 0 Å². The molecule has 112 valence electrons. The topological polar surface area (TPSA) is 20.2 Å². The third-order valence-corrected chi connectivity index (χ3v) is 3.44. The largest absolute Gasteiger partial charge is 0.416 e. The van der Waals surface area contributed by atoms with Gasteiger partial charge in [-0.15, -0.1) is 0 Å². The minimum Gasteiger partial charge on any atom is -0.393 e. The Morgan fingerprint density at radius 2 is 1.38 bits per heavy atom. The molecule has 2 aromatic rings. The molecule has 0 aliphatic heterocycles. The first-order valence-corrected chi connectivity index (χ1v) is 6.85. The highest BCUT2D eigenvalue weighted by molar-refractivity contribution is 5.64. The van der Waals surface area contributed by atoms with E-state index in [0.717, 1.165) is 28.8 Å². The van der Waals surface area contributed by atoms with E-state index in [9.17, 15) is 18.3 Å². The smallest absolute Gasteiger partial charge is 0.393 e. The second-order valence-corrected chi connectivity index (χ2v) is 5.04. The maximum atomic E-state index is 12.5. The van der Waals surface area contributed by atoms with Gasteiger partial charge in [-0.25, -0.2) is 0 Å². The molecule has 1 atom stereocenters. The van der Waals surface area contributed by atoms with Gasteiger partial charge in [-0.1, -0.05) is 43.3 Å². The number of rotatable bonds is 4. The number of halogens is 3. The normalized spacial score (nSPS) is 13.2. The number of hydrogen-bond donors (Lipinski definition) is 1. The Kier molecular flexibility index (Phi) is 4.68. The monoisotopic (exact) mass is 294 g/mol. The highest BCUT2D eigenvalue weighted by Gasteiger charge is 2.29. The Morgan fingerprint density at radius 3 is 1.81 bits per heavy atom. The highest BCUT2D eigenvalue weighted by atomic mass is 19.4. The molecule has 21 heavy (non-hydrogen) atoms. The summed E-state index contributed by atoms with van der Waals surface area (Å²) in [4.78, 5) is 0. The Bertz CT molecular complexity index is 570. The molecule has 2 rings (SSSR count). The predicted octanol–water partition coefficient (Wildman–Crippen LogP) is 4.69. The summed E-state index contributed by atoms with van der Waals surface area (Å²) in [6, 6.07) is 12.6. The van der Waals surface area contributed by atoms with Crippen molar-refractivity contribution >= 4 is 0 Å². The highest BCUT2D eigenvalue weighted by Crippen LogP contribution is 2.31. The van der Waals surface area contributed by atoms with E-state index < -0.39 is 11.7 Å². The van der Waals surface area contributed by atoms with Crippen LogP contribution < -0.4 is 0 Å². The van der Waals surface area contributed by atoms with Gasteiger partial charge in [0.2, 0.25) is 0 Å². The van der Waals surface area contributed by atoms with Crippen molar-refractivity contribution in [2.45, 2.75) is 32.0 Å². The summed E-state index contributed by atoms with van der Waals surface area (Å²) in [6.45, 7) is 1.92. The van der Waals surface area contributed by atoms with E-state index in [1.54, 1.807) is 0 Å². The summed E-state index contributed by atoms with van der Waals surface area (Å²) in [6.07, 6.45) is -3.38. The van der Waals surface area contributed by atoms with E-state index >= 15 is 0 Å². The molecule has 0 aliphatic rings. The van der Waals surface area contributed by atoms with Gasteiger partial charge in [-0.3, -0.25) is 0 Å². The lowest BCUT2D eigenvalue weighted by Gasteiger charge is -2.10. The number of aliphatic hydroxyl groups is 1. The minimum atomic E-state index is -4.31. The molecule has 0 fully saturated rings. The van der Waals surface area contributed by atoms with Crippen LogP contribution in [0.2, 0.25) is 0 Å². The van der Waals surface area contributed by atoms with Crippen LogP contribution in [-0.2, 0) is 12.6 Å². The molecule has 0 saturated carbocycles. The summed E-state index contributed by atoms with van der Waals surface area (Å²) in [5.41, 5.74) is 1.97. The quantitative estimate of drug-likeness (QED) is 0.867. The number of aliphatic hydroxyl groups excluding tert-OH is 1. The van der Waals surface area contributed by atoms with Gasteiger partial charge in [0.15, 0.2) is 0 Å². The van der Waals surface area contributed by atoms with Gasteiger partial charge < -0.3 is 5.11 Å². The van der Waals surface area contributed by atoms with Gasteiger partial charge >= 0.3 is 6.18 Å². The SMILES string of the molecule is CC[C@@H](O)Cc1ccc(-c2ccc(C(F)(F)F)cc2)cc1. The molecule has 0 saturated heterocycles. The third kappa shape index (κ3) is 4.08. The zero-order valence-electron chi connectivity index (χ0n) is 11.7. The molecule has 1 nitrogen and oxygen atoms in total. The second-order valence-electron chi connectivity index (χ2n) is 5.04. The first kappa shape index (κ1) is 15.6. The molecule has 2 aromatic carbocycles. The number of alkyl halides is 3. The van der Waals surface area contributed by atoms with Gasteiger partial charge in [0.25, 0.3) is 0 Å². The molecule has 0 amide bonds. The van der Waals surface area contributed by atoms with Crippen molar-refractivity contribution in [3.63, 3.8) is 0 Å². The summed E-state index contributed by atoms with van der Waals surface area (Å²) < 4.78 is 37.5. The van der Waals surface area contributed by atoms with E-state index in [0.29, 0.717) is 12.8 Å². The number of hydrogen-bond acceptors (Lipinski definition) is 1. The lowest BCUT2D eigenvalue weighted by atomic mass is 10.00. The summed E-state index contributed by atoms with van der Waals surface area (Å²) >= 11 is 0. The molecule has 0 heterocycles. The van der Waals surface area contributed by atoms with E-state index in [1.807, 2.05) is 31.2 Å². The van der Waals surface area contributed by atoms with Crippen LogP contribution >= 0.6 is 0 Å². The van der Waals surface area contributed by atoms with Crippen molar-refractivity contribution in [1.29, 1.82) is 0 Å². The van der Waals surface area contributed by atoms with E-state index in [1.165, 1.54) is 12.1 Å². The van der Waals surface area contributed by atoms with Crippen LogP contribution in [0.15, 0.2) is 48.5 Å². The molecule has 0 bridgehead atoms. The van der Waals surface area contributed by atoms with Crippen molar-refractivity contribution < 1.29 is 18.3 Å². The maximum absolute atomic E-state index is 12.5. The van der Waals surface area contributed by atoms with Crippen LogP contribution in [-0.4, -0.2) is 11.2 Å². The van der Waals surface area contributed by atoms with Gasteiger partial charge in [-0.05, 0) is 41.7 Å². The maximum Gasteiger partial charge on any atom is 0.416 e. The standard InChI is InChI=1S/C17H17F3O/c1-2-16(21)11-12-3-5-13(6-4-12)14-7-9-15(10-8-14)17(18,19)20/h3-10,16,21H,2,11H2,1H3/t16-/m1/s1. The zero-order chi connectivity index (χ0) is 15.5. The molecule has 0 unspecified atom stereocenters. The number of benzene rings is 2. The molecular weight excluding hydrogens is 277 g/mol. The molecule has 1 N–H and O–H groups in total. The average Bonchev–Trinajstić information content (AvgIpc) is 2.47. The van der Waals surface area contributed by atoms with E-state index in [-0.39, 0.29) is 6.10 Å². The molecule has 4 heteroatoms. The van der Waals surface area contributed by atoms with Crippen molar-refractivity contribution in [1.82, 2.24) is 0 Å². The molecule has 0 spiro atoms. The van der Waals surface area contributed by atoms with E-state index in [2.05, 4.69) is 0 Å². The van der Waals surface area contributed by atoms with Crippen molar-refractivity contribution in [3.8, 4) is 11.1 Å². The lowest BCUT2D eigenvalue weighted by Crippen LogP contribution is -2.08. The first-order chi connectivity index (χ1) is 9.90. The Hall–Kier alpha value is -1.81. The van der Waals surface area contributed by atoms with E-state index in [4.69, 9.17) is 0 Å². The Balaban J connectivity index is 2.15. The fourth-order valence-electron chi connectivity index (χ4n) is 2.10. The van der Waals surface area contributed by atoms with Gasteiger partial charge in [-0.2, -0.15) is 13.2 Å². The van der Waals surface area contributed by atoms with Gasteiger partial charge in [0.1, 0.15) is 0 Å².